The maximum Gasteiger partial charge on any atom is 0.407 e. The van der Waals surface area contributed by atoms with Crippen molar-refractivity contribution in [3.8, 4) is 0 Å². The third-order valence-corrected chi connectivity index (χ3v) is 4.33. The number of nitrogens with one attached hydrogen (secondary N) is 1. The van der Waals surface area contributed by atoms with Crippen molar-refractivity contribution in [3.63, 3.8) is 0 Å². The van der Waals surface area contributed by atoms with Crippen LogP contribution < -0.4 is 10.6 Å². The van der Waals surface area contributed by atoms with Crippen LogP contribution in [0.5, 0.6) is 0 Å². The van der Waals surface area contributed by atoms with Gasteiger partial charge >= 0.3 is 6.09 Å². The smallest absolute Gasteiger partial charge is 0.407 e. The van der Waals surface area contributed by atoms with Crippen LogP contribution in [0.2, 0.25) is 0 Å². The quantitative estimate of drug-likeness (QED) is 0.675. The highest BCUT2D eigenvalue weighted by atomic mass is 16.4. The number of nitrogens with zero attached hydrogens (tertiary/aromatic N) is 3. The molecule has 2 saturated heterocycles. The fraction of sp³-hybridized carbons (Fsp3) is 0.385. The number of carboxylic acid groups (broad SMARTS) is 1. The third-order valence-electron chi connectivity index (χ3n) is 4.33. The van der Waals surface area contributed by atoms with Crippen LogP contribution in [0.3, 0.4) is 0 Å². The number of hydrogen-bond donors (Lipinski definition) is 3. The standard InChI is InChI=1S/C13H15N5O2/c14-7-1-2-10-11(3-7)15-16-12(10)17-5-9-4-8(17)6-18(9)13(19)20/h1-3,8-9H,4-6,14H2,(H,15,16)(H,19,20). The van der Waals surface area contributed by atoms with E-state index in [1.807, 2.05) is 18.2 Å². The molecule has 2 aromatic rings. The van der Waals surface area contributed by atoms with Gasteiger partial charge in [-0.2, -0.15) is 5.10 Å². The molecule has 1 aromatic heterocycles. The summed E-state index contributed by atoms with van der Waals surface area (Å²) in [4.78, 5) is 14.8. The largest absolute Gasteiger partial charge is 0.465 e. The number of H-pyrrole nitrogens is 1. The van der Waals surface area contributed by atoms with Crippen molar-refractivity contribution < 1.29 is 9.90 Å². The first kappa shape index (κ1) is 11.4. The van der Waals surface area contributed by atoms with Crippen molar-refractivity contribution in [2.24, 2.45) is 0 Å². The summed E-state index contributed by atoms with van der Waals surface area (Å²) in [6.45, 7) is 1.27. The minimum absolute atomic E-state index is 0.0815. The lowest BCUT2D eigenvalue weighted by Crippen LogP contribution is -2.48. The summed E-state index contributed by atoms with van der Waals surface area (Å²) >= 11 is 0. The lowest BCUT2D eigenvalue weighted by Gasteiger charge is -2.32. The van der Waals surface area contributed by atoms with E-state index in [0.717, 1.165) is 23.1 Å². The van der Waals surface area contributed by atoms with Gasteiger partial charge in [0, 0.05) is 24.2 Å². The number of rotatable bonds is 1. The van der Waals surface area contributed by atoms with Crippen LogP contribution >= 0.6 is 0 Å². The van der Waals surface area contributed by atoms with E-state index in [1.54, 1.807) is 0 Å². The van der Waals surface area contributed by atoms with Gasteiger partial charge in [0.25, 0.3) is 0 Å². The minimum atomic E-state index is -0.822. The molecule has 3 heterocycles. The number of aromatic amines is 1. The van der Waals surface area contributed by atoms with Crippen molar-refractivity contribution in [3.05, 3.63) is 18.2 Å². The minimum Gasteiger partial charge on any atom is -0.465 e. The van der Waals surface area contributed by atoms with Crippen molar-refractivity contribution in [2.45, 2.75) is 18.5 Å². The highest BCUT2D eigenvalue weighted by molar-refractivity contribution is 5.92. The molecule has 4 rings (SSSR count). The molecule has 4 N–H and O–H groups in total. The lowest BCUT2D eigenvalue weighted by molar-refractivity contribution is 0.137. The first-order chi connectivity index (χ1) is 9.63. The zero-order valence-corrected chi connectivity index (χ0v) is 10.8. The number of hydrogen-bond acceptors (Lipinski definition) is 4. The lowest BCUT2D eigenvalue weighted by atomic mass is 10.2. The number of carbonyl (C=O) groups is 1. The fourth-order valence-corrected chi connectivity index (χ4v) is 3.40. The Morgan fingerprint density at radius 1 is 1.40 bits per heavy atom. The van der Waals surface area contributed by atoms with E-state index < -0.39 is 6.09 Å². The molecule has 7 nitrogen and oxygen atoms in total. The number of nitrogen functional groups attached to an aromatic ring is 1. The van der Waals surface area contributed by atoms with Crippen molar-refractivity contribution >= 4 is 28.5 Å². The van der Waals surface area contributed by atoms with E-state index in [9.17, 15) is 4.79 Å². The summed E-state index contributed by atoms with van der Waals surface area (Å²) in [5, 5.41) is 17.5. The molecule has 2 fully saturated rings. The van der Waals surface area contributed by atoms with E-state index >= 15 is 0 Å². The maximum atomic E-state index is 11.1. The second-order valence-corrected chi connectivity index (χ2v) is 5.48. The topological polar surface area (TPSA) is 98.5 Å². The highest BCUT2D eigenvalue weighted by Crippen LogP contribution is 2.36. The number of fused-ring (bicyclic) bond motifs is 3. The molecule has 2 unspecified atom stereocenters. The summed E-state index contributed by atoms with van der Waals surface area (Å²) in [6, 6.07) is 5.99. The molecular weight excluding hydrogens is 258 g/mol. The first-order valence-corrected chi connectivity index (χ1v) is 6.63. The van der Waals surface area contributed by atoms with Crippen LogP contribution in [-0.4, -0.2) is 51.5 Å². The first-order valence-electron chi connectivity index (χ1n) is 6.63. The van der Waals surface area contributed by atoms with E-state index in [4.69, 9.17) is 10.8 Å². The summed E-state index contributed by atoms with van der Waals surface area (Å²) < 4.78 is 0. The molecule has 0 radical (unpaired) electrons. The summed E-state index contributed by atoms with van der Waals surface area (Å²) in [5.41, 5.74) is 7.38. The van der Waals surface area contributed by atoms with Gasteiger partial charge in [0.05, 0.1) is 17.6 Å². The average molecular weight is 273 g/mol. The monoisotopic (exact) mass is 273 g/mol. The van der Waals surface area contributed by atoms with Gasteiger partial charge in [-0.15, -0.1) is 0 Å². The molecule has 0 spiro atoms. The Hall–Kier alpha value is -2.44. The third kappa shape index (κ3) is 1.46. The Morgan fingerprint density at radius 3 is 2.95 bits per heavy atom. The predicted molar refractivity (Wildman–Crippen MR) is 74.8 cm³/mol. The van der Waals surface area contributed by atoms with Gasteiger partial charge in [0.2, 0.25) is 0 Å². The molecule has 7 heteroatoms. The maximum absolute atomic E-state index is 11.1. The second-order valence-electron chi connectivity index (χ2n) is 5.48. The molecule has 1 aromatic carbocycles. The second kappa shape index (κ2) is 3.78. The summed E-state index contributed by atoms with van der Waals surface area (Å²) in [6.07, 6.45) is 0.0622. The molecule has 20 heavy (non-hydrogen) atoms. The van der Waals surface area contributed by atoms with Gasteiger partial charge in [0.15, 0.2) is 5.82 Å². The molecule has 2 aliphatic heterocycles. The van der Waals surface area contributed by atoms with Crippen LogP contribution in [0.4, 0.5) is 16.3 Å². The van der Waals surface area contributed by atoms with E-state index in [-0.39, 0.29) is 12.1 Å². The van der Waals surface area contributed by atoms with E-state index in [1.165, 1.54) is 4.90 Å². The van der Waals surface area contributed by atoms with Crippen LogP contribution in [0.1, 0.15) is 6.42 Å². The highest BCUT2D eigenvalue weighted by Gasteiger charge is 2.46. The van der Waals surface area contributed by atoms with Gasteiger partial charge in [-0.1, -0.05) is 0 Å². The molecule has 2 aliphatic rings. The number of piperazine rings is 1. The van der Waals surface area contributed by atoms with Crippen molar-refractivity contribution in [1.29, 1.82) is 0 Å². The van der Waals surface area contributed by atoms with Gasteiger partial charge in [0.1, 0.15) is 0 Å². The van der Waals surface area contributed by atoms with Crippen LogP contribution in [0.25, 0.3) is 10.9 Å². The number of benzene rings is 1. The number of nitrogens with two attached hydrogens (primary N) is 1. The SMILES string of the molecule is Nc1ccc2c(N3CC4CC3CN4C(=O)O)n[nH]c2c1. The van der Waals surface area contributed by atoms with E-state index in [2.05, 4.69) is 15.1 Å². The fourth-order valence-electron chi connectivity index (χ4n) is 3.40. The number of anilines is 2. The summed E-state index contributed by atoms with van der Waals surface area (Å²) in [7, 11) is 0. The Balaban J connectivity index is 1.68. The average Bonchev–Trinajstić information content (AvgIpc) is 3.09. The van der Waals surface area contributed by atoms with Gasteiger partial charge in [-0.25, -0.2) is 4.79 Å². The molecule has 0 aliphatic carbocycles. The predicted octanol–water partition coefficient (Wildman–Crippen LogP) is 1.09. The molecule has 2 atom stereocenters. The van der Waals surface area contributed by atoms with Crippen LogP contribution in [0, 0.1) is 0 Å². The normalized spacial score (nSPS) is 24.8. The molecular formula is C13H15N5O2. The van der Waals surface area contributed by atoms with E-state index in [0.29, 0.717) is 18.8 Å². The van der Waals surface area contributed by atoms with Crippen LogP contribution in [0.15, 0.2) is 18.2 Å². The summed E-state index contributed by atoms with van der Waals surface area (Å²) in [5.74, 6) is 0.900. The zero-order valence-electron chi connectivity index (χ0n) is 10.8. The molecule has 0 saturated carbocycles. The Bertz CT molecular complexity index is 697. The van der Waals surface area contributed by atoms with Crippen LogP contribution in [-0.2, 0) is 0 Å². The Morgan fingerprint density at radius 2 is 2.25 bits per heavy atom. The van der Waals surface area contributed by atoms with Crippen molar-refractivity contribution in [1.82, 2.24) is 15.1 Å². The van der Waals surface area contributed by atoms with Crippen molar-refractivity contribution in [2.75, 3.05) is 23.7 Å². The van der Waals surface area contributed by atoms with Gasteiger partial charge in [-0.05, 0) is 24.6 Å². The molecule has 104 valence electrons. The number of likely N-dealkylation sites (tertiary alicyclic amines) is 1. The van der Waals surface area contributed by atoms with Gasteiger partial charge < -0.3 is 20.6 Å². The molecule has 1 amide bonds. The Kier molecular flexibility index (Phi) is 2.15. The number of amides is 1. The zero-order chi connectivity index (χ0) is 13.9. The molecule has 2 bridgehead atoms. The Labute approximate surface area is 115 Å². The van der Waals surface area contributed by atoms with Gasteiger partial charge in [-0.3, -0.25) is 5.10 Å². The number of aromatic nitrogens is 2.